The second-order valence-electron chi connectivity index (χ2n) is 4.64. The van der Waals surface area contributed by atoms with Gasteiger partial charge in [0.2, 0.25) is 10.0 Å². The summed E-state index contributed by atoms with van der Waals surface area (Å²) in [7, 11) is -3.58. The largest absolute Gasteiger partial charge is 0.389 e. The van der Waals surface area contributed by atoms with Gasteiger partial charge >= 0.3 is 0 Å². The van der Waals surface area contributed by atoms with Crippen LogP contribution in [0.15, 0.2) is 29.2 Å². The van der Waals surface area contributed by atoms with Crippen LogP contribution in [0.25, 0.3) is 0 Å². The molecule has 0 radical (unpaired) electrons. The van der Waals surface area contributed by atoms with Gasteiger partial charge in [0.15, 0.2) is 0 Å². The third-order valence-electron chi connectivity index (χ3n) is 3.28. The zero-order valence-electron chi connectivity index (χ0n) is 12.5. The minimum atomic E-state index is -3.58. The normalized spacial score (nSPS) is 11.8. The van der Waals surface area contributed by atoms with E-state index in [4.69, 9.17) is 18.0 Å². The first-order valence-corrected chi connectivity index (χ1v) is 8.92. The lowest BCUT2D eigenvalue weighted by Gasteiger charge is -2.18. The Morgan fingerprint density at radius 2 is 1.90 bits per heavy atom. The highest BCUT2D eigenvalue weighted by molar-refractivity contribution is 7.89. The Morgan fingerprint density at radius 3 is 2.48 bits per heavy atom. The highest BCUT2D eigenvalue weighted by Gasteiger charge is 2.18. The van der Waals surface area contributed by atoms with Crippen LogP contribution < -0.4 is 10.5 Å². The van der Waals surface area contributed by atoms with Crippen LogP contribution in [0.2, 0.25) is 0 Å². The fourth-order valence-electron chi connectivity index (χ4n) is 2.03. The Balaban J connectivity index is 2.68. The van der Waals surface area contributed by atoms with E-state index < -0.39 is 10.0 Å². The van der Waals surface area contributed by atoms with E-state index in [1.807, 2.05) is 0 Å². The second-order valence-corrected chi connectivity index (χ2v) is 6.81. The first kappa shape index (κ1) is 18.0. The highest BCUT2D eigenvalue weighted by atomic mass is 32.2. The van der Waals surface area contributed by atoms with Gasteiger partial charge in [0, 0.05) is 12.1 Å². The Labute approximate surface area is 132 Å². The van der Waals surface area contributed by atoms with E-state index in [1.54, 1.807) is 18.2 Å². The average molecular weight is 329 g/mol. The number of nitrogens with one attached hydrogen (secondary N) is 1. The molecule has 0 unspecified atom stereocenters. The van der Waals surface area contributed by atoms with Crippen LogP contribution in [0.1, 0.15) is 25.8 Å². The molecule has 0 aliphatic carbocycles. The molecule has 0 atom stereocenters. The van der Waals surface area contributed by atoms with E-state index >= 15 is 0 Å². The van der Waals surface area contributed by atoms with Crippen molar-refractivity contribution in [3.05, 3.63) is 29.8 Å². The number of nitrogens with zero attached hydrogens (tertiary/aromatic N) is 1. The molecule has 0 spiro atoms. The third-order valence-corrected chi connectivity index (χ3v) is 5.02. The second kappa shape index (κ2) is 8.43. The van der Waals surface area contributed by atoms with Gasteiger partial charge in [-0.25, -0.2) is 13.1 Å². The van der Waals surface area contributed by atoms with E-state index in [0.29, 0.717) is 12.1 Å². The van der Waals surface area contributed by atoms with Gasteiger partial charge in [-0.1, -0.05) is 44.3 Å². The molecular weight excluding hydrogens is 306 g/mol. The molecule has 0 bridgehead atoms. The van der Waals surface area contributed by atoms with Gasteiger partial charge in [-0.3, -0.25) is 0 Å². The summed E-state index contributed by atoms with van der Waals surface area (Å²) in [5, 5.41) is 0. The summed E-state index contributed by atoms with van der Waals surface area (Å²) in [4.78, 5) is 2.47. The van der Waals surface area contributed by atoms with Crippen LogP contribution in [-0.4, -0.2) is 44.5 Å². The summed E-state index contributed by atoms with van der Waals surface area (Å²) in [5.74, 6) is 0. The molecule has 21 heavy (non-hydrogen) atoms. The van der Waals surface area contributed by atoms with Crippen LogP contribution in [-0.2, 0) is 10.0 Å². The van der Waals surface area contributed by atoms with Crippen molar-refractivity contribution < 1.29 is 8.42 Å². The maximum atomic E-state index is 12.3. The molecule has 0 aliphatic heterocycles. The Morgan fingerprint density at radius 1 is 1.29 bits per heavy atom. The molecular formula is C14H23N3O2S2. The average Bonchev–Trinajstić information content (AvgIpc) is 2.47. The zero-order valence-corrected chi connectivity index (χ0v) is 14.1. The van der Waals surface area contributed by atoms with Crippen molar-refractivity contribution in [2.24, 2.45) is 5.73 Å². The van der Waals surface area contributed by atoms with Gasteiger partial charge in [-0.2, -0.15) is 0 Å². The Hall–Kier alpha value is -1.02. The molecule has 0 heterocycles. The summed E-state index contributed by atoms with van der Waals surface area (Å²) >= 11 is 4.90. The van der Waals surface area contributed by atoms with Crippen LogP contribution in [0, 0.1) is 0 Å². The topological polar surface area (TPSA) is 75.4 Å². The van der Waals surface area contributed by atoms with Crippen molar-refractivity contribution in [3.63, 3.8) is 0 Å². The van der Waals surface area contributed by atoms with Crippen molar-refractivity contribution in [2.75, 3.05) is 26.2 Å². The van der Waals surface area contributed by atoms with Gasteiger partial charge in [-0.15, -0.1) is 0 Å². The maximum absolute atomic E-state index is 12.3. The van der Waals surface area contributed by atoms with E-state index in [9.17, 15) is 8.42 Å². The Bertz CT molecular complexity index is 569. The van der Waals surface area contributed by atoms with Crippen LogP contribution in [0.3, 0.4) is 0 Å². The number of rotatable bonds is 9. The lowest BCUT2D eigenvalue weighted by atomic mass is 10.2. The van der Waals surface area contributed by atoms with Crippen molar-refractivity contribution in [1.29, 1.82) is 0 Å². The van der Waals surface area contributed by atoms with E-state index in [0.717, 1.165) is 26.1 Å². The molecule has 0 saturated carbocycles. The van der Waals surface area contributed by atoms with Crippen molar-refractivity contribution >= 4 is 27.2 Å². The molecule has 5 nitrogen and oxygen atoms in total. The molecule has 0 aliphatic rings. The molecule has 3 N–H and O–H groups in total. The number of benzene rings is 1. The van der Waals surface area contributed by atoms with Gasteiger partial charge in [0.25, 0.3) is 0 Å². The number of thiocarbonyl (C=S) groups is 1. The van der Waals surface area contributed by atoms with Crippen molar-refractivity contribution in [3.8, 4) is 0 Å². The number of sulfonamides is 1. The molecule has 1 aromatic rings. The molecule has 1 rings (SSSR count). The molecule has 0 aromatic heterocycles. The van der Waals surface area contributed by atoms with Crippen LogP contribution in [0.5, 0.6) is 0 Å². The fourth-order valence-corrected chi connectivity index (χ4v) is 3.57. The maximum Gasteiger partial charge on any atom is 0.241 e. The SMILES string of the molecule is CCN(CC)CCCNS(=O)(=O)c1ccccc1C(N)=S. The number of hydrogen-bond acceptors (Lipinski definition) is 4. The number of hydrogen-bond donors (Lipinski definition) is 2. The molecule has 0 saturated heterocycles. The third kappa shape index (κ3) is 5.35. The van der Waals surface area contributed by atoms with Crippen LogP contribution >= 0.6 is 12.2 Å². The fraction of sp³-hybridized carbons (Fsp3) is 0.500. The summed E-state index contributed by atoms with van der Waals surface area (Å²) in [6.45, 7) is 7.37. The highest BCUT2D eigenvalue weighted by Crippen LogP contribution is 2.15. The van der Waals surface area contributed by atoms with Crippen LogP contribution in [0.4, 0.5) is 0 Å². The summed E-state index contributed by atoms with van der Waals surface area (Å²) in [5.41, 5.74) is 5.95. The van der Waals surface area contributed by atoms with E-state index in [2.05, 4.69) is 23.5 Å². The van der Waals surface area contributed by atoms with Crippen molar-refractivity contribution in [1.82, 2.24) is 9.62 Å². The lowest BCUT2D eigenvalue weighted by molar-refractivity contribution is 0.300. The molecule has 7 heteroatoms. The molecule has 0 amide bonds. The van der Waals surface area contributed by atoms with Gasteiger partial charge < -0.3 is 10.6 Å². The summed E-state index contributed by atoms with van der Waals surface area (Å²) < 4.78 is 27.2. The molecule has 0 fully saturated rings. The van der Waals surface area contributed by atoms with E-state index in [1.165, 1.54) is 6.07 Å². The van der Waals surface area contributed by atoms with Crippen molar-refractivity contribution in [2.45, 2.75) is 25.2 Å². The monoisotopic (exact) mass is 329 g/mol. The quantitative estimate of drug-likeness (QED) is 0.528. The van der Waals surface area contributed by atoms with Gasteiger partial charge in [-0.05, 0) is 32.1 Å². The predicted octanol–water partition coefficient (Wildman–Crippen LogP) is 1.33. The molecule has 118 valence electrons. The minimum Gasteiger partial charge on any atom is -0.389 e. The summed E-state index contributed by atoms with van der Waals surface area (Å²) in [6.07, 6.45) is 0.760. The zero-order chi connectivity index (χ0) is 15.9. The molecule has 1 aromatic carbocycles. The first-order chi connectivity index (χ1) is 9.92. The number of nitrogens with two attached hydrogens (primary N) is 1. The predicted molar refractivity (Wildman–Crippen MR) is 89.9 cm³/mol. The lowest BCUT2D eigenvalue weighted by Crippen LogP contribution is -2.31. The summed E-state index contributed by atoms with van der Waals surface area (Å²) in [6, 6.07) is 6.51. The van der Waals surface area contributed by atoms with Gasteiger partial charge in [0.05, 0.1) is 4.90 Å². The van der Waals surface area contributed by atoms with Gasteiger partial charge in [0.1, 0.15) is 4.99 Å². The van der Waals surface area contributed by atoms with E-state index in [-0.39, 0.29) is 9.88 Å². The minimum absolute atomic E-state index is 0.0825. The standard InChI is InChI=1S/C14H23N3O2S2/c1-3-17(4-2)11-7-10-16-21(18,19)13-9-6-5-8-12(13)14(15)20/h5-6,8-9,16H,3-4,7,10-11H2,1-2H3,(H2,15,20). The first-order valence-electron chi connectivity index (χ1n) is 7.03. The Kier molecular flexibility index (Phi) is 7.24. The smallest absolute Gasteiger partial charge is 0.241 e.